The van der Waals surface area contributed by atoms with Crippen LogP contribution in [0.4, 0.5) is 8.78 Å². The van der Waals surface area contributed by atoms with Gasteiger partial charge in [-0.1, -0.05) is 12.1 Å². The third kappa shape index (κ3) is 3.34. The minimum absolute atomic E-state index is 0.301. The Labute approximate surface area is 161 Å². The van der Waals surface area contributed by atoms with Gasteiger partial charge in [0, 0.05) is 41.3 Å². The van der Waals surface area contributed by atoms with Crippen molar-refractivity contribution in [1.29, 1.82) is 0 Å². The normalized spacial score (nSPS) is 10.7. The molecular formula is C23H16F2N2O. The molecule has 0 saturated carbocycles. The molecule has 5 heteroatoms. The minimum atomic E-state index is -0.629. The molecule has 0 aliphatic rings. The molecule has 4 rings (SSSR count). The topological polar surface area (TPSA) is 35.0 Å². The van der Waals surface area contributed by atoms with Gasteiger partial charge in [0.1, 0.15) is 17.4 Å². The van der Waals surface area contributed by atoms with Crippen LogP contribution in [0, 0.1) is 11.6 Å². The molecule has 0 radical (unpaired) electrons. The second-order valence-electron chi connectivity index (χ2n) is 6.18. The number of pyridine rings is 2. The summed E-state index contributed by atoms with van der Waals surface area (Å²) in [5.41, 5.74) is 4.04. The summed E-state index contributed by atoms with van der Waals surface area (Å²) in [5.74, 6) is -0.658. The van der Waals surface area contributed by atoms with Crippen LogP contribution in [-0.4, -0.2) is 17.1 Å². The summed E-state index contributed by atoms with van der Waals surface area (Å²) in [6, 6.07) is 16.4. The van der Waals surface area contributed by atoms with E-state index in [1.54, 1.807) is 37.8 Å². The molecule has 3 nitrogen and oxygen atoms in total. The highest BCUT2D eigenvalue weighted by Gasteiger charge is 2.17. The van der Waals surface area contributed by atoms with E-state index in [9.17, 15) is 8.78 Å². The van der Waals surface area contributed by atoms with Crippen molar-refractivity contribution in [3.8, 4) is 39.3 Å². The highest BCUT2D eigenvalue weighted by Crippen LogP contribution is 2.40. The molecule has 0 aliphatic carbocycles. The van der Waals surface area contributed by atoms with Gasteiger partial charge in [-0.3, -0.25) is 9.97 Å². The van der Waals surface area contributed by atoms with E-state index in [2.05, 4.69) is 9.97 Å². The first-order chi connectivity index (χ1) is 13.7. The number of hydrogen-bond acceptors (Lipinski definition) is 3. The lowest BCUT2D eigenvalue weighted by Gasteiger charge is -2.16. The zero-order valence-corrected chi connectivity index (χ0v) is 15.1. The van der Waals surface area contributed by atoms with Crippen LogP contribution in [0.1, 0.15) is 0 Å². The molecule has 0 fully saturated rings. The van der Waals surface area contributed by atoms with Crippen LogP contribution in [0.3, 0.4) is 0 Å². The number of halogens is 2. The molecule has 2 aromatic carbocycles. The Morgan fingerprint density at radius 3 is 2.46 bits per heavy atom. The maximum Gasteiger partial charge on any atom is 0.133 e. The summed E-state index contributed by atoms with van der Waals surface area (Å²) in [4.78, 5) is 8.55. The summed E-state index contributed by atoms with van der Waals surface area (Å²) in [6.45, 7) is 0. The van der Waals surface area contributed by atoms with E-state index in [1.165, 1.54) is 12.1 Å². The Balaban J connectivity index is 1.93. The Morgan fingerprint density at radius 2 is 1.71 bits per heavy atom. The van der Waals surface area contributed by atoms with Crippen LogP contribution < -0.4 is 4.74 Å². The molecule has 0 atom stereocenters. The molecular weight excluding hydrogens is 358 g/mol. The van der Waals surface area contributed by atoms with Gasteiger partial charge in [0.2, 0.25) is 0 Å². The van der Waals surface area contributed by atoms with Gasteiger partial charge in [0.05, 0.1) is 12.8 Å². The predicted molar refractivity (Wildman–Crippen MR) is 105 cm³/mol. The Morgan fingerprint density at radius 1 is 0.821 bits per heavy atom. The Bertz CT molecular complexity index is 1130. The Hall–Kier alpha value is -3.60. The number of benzene rings is 2. The monoisotopic (exact) mass is 374 g/mol. The van der Waals surface area contributed by atoms with Crippen molar-refractivity contribution >= 4 is 0 Å². The average Bonchev–Trinajstić information content (AvgIpc) is 2.74. The SMILES string of the molecule is COc1cccc(-c2ccc(F)cc2F)c1-c1ccnc(-c2cccnc2)c1. The van der Waals surface area contributed by atoms with E-state index < -0.39 is 11.6 Å². The van der Waals surface area contributed by atoms with Crippen LogP contribution in [0.15, 0.2) is 79.3 Å². The molecule has 0 amide bonds. The number of methoxy groups -OCH3 is 1. The number of nitrogens with zero attached hydrogens (tertiary/aromatic N) is 2. The molecule has 0 spiro atoms. The number of ether oxygens (including phenoxy) is 1. The van der Waals surface area contributed by atoms with Gasteiger partial charge in [0.25, 0.3) is 0 Å². The van der Waals surface area contributed by atoms with Crippen LogP contribution in [0.5, 0.6) is 5.75 Å². The molecule has 138 valence electrons. The number of aromatic nitrogens is 2. The van der Waals surface area contributed by atoms with Gasteiger partial charge >= 0.3 is 0 Å². The summed E-state index contributed by atoms with van der Waals surface area (Å²) in [7, 11) is 1.56. The zero-order chi connectivity index (χ0) is 19.5. The fourth-order valence-electron chi connectivity index (χ4n) is 3.19. The maximum absolute atomic E-state index is 14.5. The van der Waals surface area contributed by atoms with Crippen molar-refractivity contribution in [3.05, 3.63) is 90.9 Å². The van der Waals surface area contributed by atoms with Crippen LogP contribution in [-0.2, 0) is 0 Å². The minimum Gasteiger partial charge on any atom is -0.496 e. The van der Waals surface area contributed by atoms with Gasteiger partial charge in [-0.2, -0.15) is 0 Å². The zero-order valence-electron chi connectivity index (χ0n) is 15.1. The van der Waals surface area contributed by atoms with Gasteiger partial charge in [-0.25, -0.2) is 8.78 Å². The van der Waals surface area contributed by atoms with Gasteiger partial charge in [0.15, 0.2) is 0 Å². The standard InChI is InChI=1S/C23H16F2N2O/c1-28-22-6-2-5-19(18-8-7-17(24)13-20(18)25)23(22)15-9-11-27-21(12-15)16-4-3-10-26-14-16/h2-14H,1H3. The van der Waals surface area contributed by atoms with Crippen LogP contribution in [0.25, 0.3) is 33.5 Å². The highest BCUT2D eigenvalue weighted by molar-refractivity contribution is 5.88. The van der Waals surface area contributed by atoms with Crippen molar-refractivity contribution in [3.63, 3.8) is 0 Å². The second-order valence-corrected chi connectivity index (χ2v) is 6.18. The molecule has 0 aliphatic heterocycles. The van der Waals surface area contributed by atoms with Crippen molar-refractivity contribution < 1.29 is 13.5 Å². The largest absolute Gasteiger partial charge is 0.496 e. The third-order valence-electron chi connectivity index (χ3n) is 4.47. The van der Waals surface area contributed by atoms with Crippen molar-refractivity contribution in [2.45, 2.75) is 0 Å². The first-order valence-electron chi connectivity index (χ1n) is 8.66. The highest BCUT2D eigenvalue weighted by atomic mass is 19.1. The van der Waals surface area contributed by atoms with Crippen molar-refractivity contribution in [1.82, 2.24) is 9.97 Å². The van der Waals surface area contributed by atoms with Crippen LogP contribution in [0.2, 0.25) is 0 Å². The van der Waals surface area contributed by atoms with Gasteiger partial charge in [-0.05, 0) is 53.6 Å². The molecule has 0 N–H and O–H groups in total. The summed E-state index contributed by atoms with van der Waals surface area (Å²) >= 11 is 0. The smallest absolute Gasteiger partial charge is 0.133 e. The van der Waals surface area contributed by atoms with Crippen molar-refractivity contribution in [2.75, 3.05) is 7.11 Å². The molecule has 0 unspecified atom stereocenters. The first-order valence-corrected chi connectivity index (χ1v) is 8.66. The van der Waals surface area contributed by atoms with E-state index in [1.807, 2.05) is 30.3 Å². The lowest BCUT2D eigenvalue weighted by molar-refractivity contribution is 0.416. The molecule has 2 aromatic heterocycles. The van der Waals surface area contributed by atoms with E-state index >= 15 is 0 Å². The van der Waals surface area contributed by atoms with Gasteiger partial charge in [-0.15, -0.1) is 0 Å². The van der Waals surface area contributed by atoms with Gasteiger partial charge < -0.3 is 4.74 Å². The number of hydrogen-bond donors (Lipinski definition) is 0. The van der Waals surface area contributed by atoms with E-state index in [0.717, 1.165) is 22.9 Å². The fraction of sp³-hybridized carbons (Fsp3) is 0.0435. The molecule has 28 heavy (non-hydrogen) atoms. The quantitative estimate of drug-likeness (QED) is 0.455. The molecule has 0 bridgehead atoms. The number of rotatable bonds is 4. The van der Waals surface area contributed by atoms with E-state index in [-0.39, 0.29) is 0 Å². The summed E-state index contributed by atoms with van der Waals surface area (Å²) < 4.78 is 33.4. The molecule has 2 heterocycles. The van der Waals surface area contributed by atoms with Crippen LogP contribution >= 0.6 is 0 Å². The maximum atomic E-state index is 14.5. The lowest BCUT2D eigenvalue weighted by Crippen LogP contribution is -1.95. The first kappa shape index (κ1) is 17.8. The Kier molecular flexibility index (Phi) is 4.81. The molecule has 4 aromatic rings. The summed E-state index contributed by atoms with van der Waals surface area (Å²) in [6.07, 6.45) is 5.12. The summed E-state index contributed by atoms with van der Waals surface area (Å²) in [5, 5.41) is 0. The molecule has 0 saturated heterocycles. The second kappa shape index (κ2) is 7.56. The lowest BCUT2D eigenvalue weighted by atomic mass is 9.93. The van der Waals surface area contributed by atoms with E-state index in [0.29, 0.717) is 22.4 Å². The van der Waals surface area contributed by atoms with Crippen molar-refractivity contribution in [2.24, 2.45) is 0 Å². The fourth-order valence-corrected chi connectivity index (χ4v) is 3.19. The third-order valence-corrected chi connectivity index (χ3v) is 4.47. The average molecular weight is 374 g/mol. The predicted octanol–water partition coefficient (Wildman–Crippen LogP) is 5.76. The van der Waals surface area contributed by atoms with E-state index in [4.69, 9.17) is 4.74 Å².